The second-order valence-electron chi connectivity index (χ2n) is 6.14. The highest BCUT2D eigenvalue weighted by atomic mass is 35.5. The topological polar surface area (TPSA) is 38.0 Å². The van der Waals surface area contributed by atoms with Crippen molar-refractivity contribution in [2.24, 2.45) is 0 Å². The van der Waals surface area contributed by atoms with Crippen molar-refractivity contribution in [2.45, 2.75) is 31.7 Å². The summed E-state index contributed by atoms with van der Waals surface area (Å²) in [6, 6.07) is 14.5. The molecule has 0 saturated heterocycles. The van der Waals surface area contributed by atoms with Crippen molar-refractivity contribution in [3.05, 3.63) is 58.6 Å². The van der Waals surface area contributed by atoms with Gasteiger partial charge in [0.15, 0.2) is 0 Å². The van der Waals surface area contributed by atoms with Crippen molar-refractivity contribution in [1.29, 1.82) is 0 Å². The summed E-state index contributed by atoms with van der Waals surface area (Å²) < 4.78 is 0. The Morgan fingerprint density at radius 1 is 1.20 bits per heavy atom. The van der Waals surface area contributed by atoms with E-state index in [-0.39, 0.29) is 11.5 Å². The van der Waals surface area contributed by atoms with E-state index in [0.717, 1.165) is 22.8 Å². The molecule has 1 aliphatic heterocycles. The summed E-state index contributed by atoms with van der Waals surface area (Å²) in [4.78, 5) is 0. The SMILES string of the molecule is CC1(C)CC(c2cccc(N)c2)Nc2ccc(Cl)cc21. The van der Waals surface area contributed by atoms with Crippen molar-refractivity contribution in [3.8, 4) is 0 Å². The zero-order valence-corrected chi connectivity index (χ0v) is 12.5. The smallest absolute Gasteiger partial charge is 0.0523 e. The number of hydrogen-bond donors (Lipinski definition) is 2. The lowest BCUT2D eigenvalue weighted by Crippen LogP contribution is -2.31. The Kier molecular flexibility index (Phi) is 3.14. The van der Waals surface area contributed by atoms with Crippen molar-refractivity contribution >= 4 is 23.0 Å². The predicted octanol–water partition coefficient (Wildman–Crippen LogP) is 4.76. The van der Waals surface area contributed by atoms with Crippen molar-refractivity contribution in [3.63, 3.8) is 0 Å². The molecule has 2 nitrogen and oxygen atoms in total. The minimum atomic E-state index is 0.0841. The zero-order valence-electron chi connectivity index (χ0n) is 11.8. The number of nitrogens with one attached hydrogen (secondary N) is 1. The first-order chi connectivity index (χ1) is 9.45. The number of benzene rings is 2. The third kappa shape index (κ3) is 2.36. The van der Waals surface area contributed by atoms with Crippen LogP contribution in [0.1, 0.15) is 37.4 Å². The van der Waals surface area contributed by atoms with Gasteiger partial charge in [0, 0.05) is 16.4 Å². The van der Waals surface area contributed by atoms with E-state index in [0.29, 0.717) is 0 Å². The van der Waals surface area contributed by atoms with Gasteiger partial charge in [-0.25, -0.2) is 0 Å². The normalized spacial score (nSPS) is 20.1. The van der Waals surface area contributed by atoms with E-state index in [2.05, 4.69) is 43.4 Å². The third-order valence-corrected chi connectivity index (χ3v) is 4.30. The molecular weight excluding hydrogens is 268 g/mol. The predicted molar refractivity (Wildman–Crippen MR) is 86.3 cm³/mol. The highest BCUT2D eigenvalue weighted by molar-refractivity contribution is 6.30. The van der Waals surface area contributed by atoms with Crippen LogP contribution < -0.4 is 11.1 Å². The van der Waals surface area contributed by atoms with E-state index in [1.165, 1.54) is 11.1 Å². The van der Waals surface area contributed by atoms with Crippen LogP contribution in [0.5, 0.6) is 0 Å². The molecule has 3 heteroatoms. The van der Waals surface area contributed by atoms with Crippen LogP contribution in [0.15, 0.2) is 42.5 Å². The molecule has 2 aromatic carbocycles. The van der Waals surface area contributed by atoms with Gasteiger partial charge in [-0.2, -0.15) is 0 Å². The van der Waals surface area contributed by atoms with Crippen LogP contribution in [0, 0.1) is 0 Å². The van der Waals surface area contributed by atoms with E-state index in [1.807, 2.05) is 18.2 Å². The van der Waals surface area contributed by atoms with E-state index in [4.69, 9.17) is 17.3 Å². The van der Waals surface area contributed by atoms with Gasteiger partial charge in [-0.3, -0.25) is 0 Å². The molecule has 0 aliphatic carbocycles. The van der Waals surface area contributed by atoms with Gasteiger partial charge in [0.25, 0.3) is 0 Å². The number of nitrogens with two attached hydrogens (primary N) is 1. The average Bonchev–Trinajstić information content (AvgIpc) is 2.39. The fraction of sp³-hybridized carbons (Fsp3) is 0.294. The number of nitrogen functional groups attached to an aromatic ring is 1. The average molecular weight is 287 g/mol. The molecule has 104 valence electrons. The summed E-state index contributed by atoms with van der Waals surface area (Å²) in [5.74, 6) is 0. The van der Waals surface area contributed by atoms with Gasteiger partial charge in [-0.1, -0.05) is 37.6 Å². The van der Waals surface area contributed by atoms with Crippen LogP contribution in [-0.4, -0.2) is 0 Å². The van der Waals surface area contributed by atoms with Crippen LogP contribution in [0.25, 0.3) is 0 Å². The van der Waals surface area contributed by atoms with Gasteiger partial charge in [0.2, 0.25) is 0 Å². The molecule has 1 heterocycles. The fourth-order valence-electron chi connectivity index (χ4n) is 3.04. The summed E-state index contributed by atoms with van der Waals surface area (Å²) in [6.07, 6.45) is 1.02. The first kappa shape index (κ1) is 13.3. The maximum Gasteiger partial charge on any atom is 0.0523 e. The molecule has 1 aliphatic rings. The summed E-state index contributed by atoms with van der Waals surface area (Å²) in [5, 5.41) is 4.40. The van der Waals surface area contributed by atoms with Crippen LogP contribution in [0.4, 0.5) is 11.4 Å². The van der Waals surface area contributed by atoms with Crippen molar-refractivity contribution in [1.82, 2.24) is 0 Å². The molecule has 0 amide bonds. The molecular formula is C17H19ClN2. The Morgan fingerprint density at radius 3 is 2.75 bits per heavy atom. The van der Waals surface area contributed by atoms with Crippen LogP contribution in [0.3, 0.4) is 0 Å². The number of anilines is 2. The number of halogens is 1. The van der Waals surface area contributed by atoms with Gasteiger partial charge < -0.3 is 11.1 Å². The Labute approximate surface area is 125 Å². The first-order valence-electron chi connectivity index (χ1n) is 6.88. The Hall–Kier alpha value is -1.67. The Bertz CT molecular complexity index is 649. The summed E-state index contributed by atoms with van der Waals surface area (Å²) in [5.41, 5.74) is 10.5. The highest BCUT2D eigenvalue weighted by Crippen LogP contribution is 2.44. The second-order valence-corrected chi connectivity index (χ2v) is 6.58. The minimum absolute atomic E-state index is 0.0841. The van der Waals surface area contributed by atoms with E-state index in [1.54, 1.807) is 0 Å². The molecule has 2 aromatic rings. The first-order valence-corrected chi connectivity index (χ1v) is 7.25. The molecule has 1 atom stereocenters. The van der Waals surface area contributed by atoms with Gasteiger partial charge in [0.05, 0.1) is 6.04 Å². The van der Waals surface area contributed by atoms with Crippen LogP contribution in [0.2, 0.25) is 5.02 Å². The quantitative estimate of drug-likeness (QED) is 0.742. The molecule has 0 spiro atoms. The number of hydrogen-bond acceptors (Lipinski definition) is 2. The Morgan fingerprint density at radius 2 is 2.00 bits per heavy atom. The summed E-state index contributed by atoms with van der Waals surface area (Å²) >= 11 is 6.13. The largest absolute Gasteiger partial charge is 0.399 e. The zero-order chi connectivity index (χ0) is 14.3. The molecule has 20 heavy (non-hydrogen) atoms. The minimum Gasteiger partial charge on any atom is -0.399 e. The van der Waals surface area contributed by atoms with Crippen molar-refractivity contribution in [2.75, 3.05) is 11.1 Å². The lowest BCUT2D eigenvalue weighted by atomic mass is 9.74. The molecule has 3 N–H and O–H groups in total. The van der Waals surface area contributed by atoms with E-state index >= 15 is 0 Å². The fourth-order valence-corrected chi connectivity index (χ4v) is 3.21. The van der Waals surface area contributed by atoms with Gasteiger partial charge in [0.1, 0.15) is 0 Å². The summed E-state index contributed by atoms with van der Waals surface area (Å²) in [7, 11) is 0. The molecule has 0 aromatic heterocycles. The molecule has 1 unspecified atom stereocenters. The standard InChI is InChI=1S/C17H19ClN2/c1-17(2)10-16(11-4-3-5-13(19)8-11)20-15-7-6-12(18)9-14(15)17/h3-9,16,20H,10,19H2,1-2H3. The highest BCUT2D eigenvalue weighted by Gasteiger charge is 2.33. The monoisotopic (exact) mass is 286 g/mol. The van der Waals surface area contributed by atoms with E-state index in [9.17, 15) is 0 Å². The molecule has 0 radical (unpaired) electrons. The van der Waals surface area contributed by atoms with Crippen LogP contribution in [-0.2, 0) is 5.41 Å². The van der Waals surface area contributed by atoms with Crippen LogP contribution >= 0.6 is 11.6 Å². The maximum atomic E-state index is 6.13. The van der Waals surface area contributed by atoms with Crippen molar-refractivity contribution < 1.29 is 0 Å². The second kappa shape index (κ2) is 4.71. The number of rotatable bonds is 1. The lowest BCUT2D eigenvalue weighted by molar-refractivity contribution is 0.427. The van der Waals surface area contributed by atoms with Gasteiger partial charge in [-0.15, -0.1) is 0 Å². The molecule has 0 fully saturated rings. The van der Waals surface area contributed by atoms with Gasteiger partial charge >= 0.3 is 0 Å². The molecule has 3 rings (SSSR count). The third-order valence-electron chi connectivity index (χ3n) is 4.07. The number of fused-ring (bicyclic) bond motifs is 1. The molecule has 0 bridgehead atoms. The maximum absolute atomic E-state index is 6.13. The van der Waals surface area contributed by atoms with E-state index < -0.39 is 0 Å². The summed E-state index contributed by atoms with van der Waals surface area (Å²) in [6.45, 7) is 4.53. The lowest BCUT2D eigenvalue weighted by Gasteiger charge is -2.39. The van der Waals surface area contributed by atoms with Gasteiger partial charge in [-0.05, 0) is 53.3 Å². The Balaban J connectivity index is 2.02. The molecule has 0 saturated carbocycles.